The Bertz CT molecular complexity index is 373. The van der Waals surface area contributed by atoms with Crippen LogP contribution < -0.4 is 10.2 Å². The number of para-hydroxylation sites is 1. The zero-order valence-corrected chi connectivity index (χ0v) is 13.4. The van der Waals surface area contributed by atoms with Gasteiger partial charge in [0.2, 0.25) is 0 Å². The fourth-order valence-corrected chi connectivity index (χ4v) is 3.72. The number of hydrogen-bond donors (Lipinski definition) is 1. The first-order valence-electron chi connectivity index (χ1n) is 6.02. The first kappa shape index (κ1) is 13.4. The number of anilines is 1. The standard InChI is InChI=1S/C13H18Br2N2/c1-9(2)12-8-17(7-6-16-12)13-10(14)4-3-5-11(13)15/h3-5,9,12,16H,6-8H2,1-2H3. The summed E-state index contributed by atoms with van der Waals surface area (Å²) in [7, 11) is 0. The third-order valence-electron chi connectivity index (χ3n) is 3.26. The lowest BCUT2D eigenvalue weighted by atomic mass is 10.0. The van der Waals surface area contributed by atoms with Crippen molar-refractivity contribution in [2.75, 3.05) is 24.5 Å². The molecule has 1 fully saturated rings. The Labute approximate surface area is 120 Å². The van der Waals surface area contributed by atoms with Gasteiger partial charge in [-0.1, -0.05) is 19.9 Å². The molecule has 1 saturated heterocycles. The summed E-state index contributed by atoms with van der Waals surface area (Å²) in [5.41, 5.74) is 1.28. The third kappa shape index (κ3) is 3.04. The number of nitrogens with one attached hydrogen (secondary N) is 1. The van der Waals surface area contributed by atoms with E-state index in [2.05, 4.69) is 74.1 Å². The highest BCUT2D eigenvalue weighted by Crippen LogP contribution is 2.34. The molecular formula is C13H18Br2N2. The molecule has 0 spiro atoms. The zero-order valence-electron chi connectivity index (χ0n) is 10.2. The van der Waals surface area contributed by atoms with Crippen molar-refractivity contribution in [2.45, 2.75) is 19.9 Å². The van der Waals surface area contributed by atoms with E-state index in [1.807, 2.05) is 0 Å². The van der Waals surface area contributed by atoms with E-state index in [-0.39, 0.29) is 0 Å². The van der Waals surface area contributed by atoms with Crippen LogP contribution in [-0.4, -0.2) is 25.7 Å². The van der Waals surface area contributed by atoms with E-state index in [4.69, 9.17) is 0 Å². The molecule has 2 rings (SSSR count). The maximum absolute atomic E-state index is 3.65. The normalized spacial score (nSPS) is 21.0. The Balaban J connectivity index is 2.22. The lowest BCUT2D eigenvalue weighted by molar-refractivity contribution is 0.368. The van der Waals surface area contributed by atoms with Gasteiger partial charge in [-0.3, -0.25) is 0 Å². The third-order valence-corrected chi connectivity index (χ3v) is 4.54. The molecule has 0 radical (unpaired) electrons. The van der Waals surface area contributed by atoms with E-state index in [9.17, 15) is 0 Å². The molecular weight excluding hydrogens is 344 g/mol. The quantitative estimate of drug-likeness (QED) is 0.864. The molecule has 1 unspecified atom stereocenters. The predicted molar refractivity (Wildman–Crippen MR) is 80.7 cm³/mol. The minimum Gasteiger partial charge on any atom is -0.367 e. The smallest absolute Gasteiger partial charge is 0.0655 e. The number of piperazine rings is 1. The molecule has 1 aliphatic heterocycles. The van der Waals surface area contributed by atoms with Crippen LogP contribution >= 0.6 is 31.9 Å². The number of rotatable bonds is 2. The molecule has 1 aromatic carbocycles. The Morgan fingerprint density at radius 1 is 1.29 bits per heavy atom. The minimum absolute atomic E-state index is 0.572. The molecule has 0 bridgehead atoms. The van der Waals surface area contributed by atoms with Crippen molar-refractivity contribution in [3.8, 4) is 0 Å². The van der Waals surface area contributed by atoms with Crippen LogP contribution in [-0.2, 0) is 0 Å². The SMILES string of the molecule is CC(C)C1CN(c2c(Br)cccc2Br)CCN1. The number of halogens is 2. The van der Waals surface area contributed by atoms with Gasteiger partial charge >= 0.3 is 0 Å². The molecule has 0 saturated carbocycles. The van der Waals surface area contributed by atoms with Crippen molar-refractivity contribution >= 4 is 37.5 Å². The summed E-state index contributed by atoms with van der Waals surface area (Å²) in [5.74, 6) is 0.666. The van der Waals surface area contributed by atoms with Gasteiger partial charge in [0.1, 0.15) is 0 Å². The van der Waals surface area contributed by atoms with E-state index in [0.717, 1.165) is 28.6 Å². The van der Waals surface area contributed by atoms with Crippen LogP contribution in [0.25, 0.3) is 0 Å². The van der Waals surface area contributed by atoms with Gasteiger partial charge in [-0.15, -0.1) is 0 Å². The molecule has 94 valence electrons. The van der Waals surface area contributed by atoms with Gasteiger partial charge in [0.25, 0.3) is 0 Å². The largest absolute Gasteiger partial charge is 0.367 e. The summed E-state index contributed by atoms with van der Waals surface area (Å²) in [4.78, 5) is 2.45. The summed E-state index contributed by atoms with van der Waals surface area (Å²) in [6, 6.07) is 6.83. The zero-order chi connectivity index (χ0) is 12.4. The highest BCUT2D eigenvalue weighted by molar-refractivity contribution is 9.11. The summed E-state index contributed by atoms with van der Waals surface area (Å²) < 4.78 is 2.33. The van der Waals surface area contributed by atoms with Crippen LogP contribution in [0.4, 0.5) is 5.69 Å². The van der Waals surface area contributed by atoms with Crippen molar-refractivity contribution in [2.24, 2.45) is 5.92 Å². The molecule has 0 aromatic heterocycles. The van der Waals surface area contributed by atoms with Crippen molar-refractivity contribution in [3.05, 3.63) is 27.1 Å². The van der Waals surface area contributed by atoms with Gasteiger partial charge in [0.15, 0.2) is 0 Å². The highest BCUT2D eigenvalue weighted by Gasteiger charge is 2.24. The molecule has 2 nitrogen and oxygen atoms in total. The maximum Gasteiger partial charge on any atom is 0.0655 e. The minimum atomic E-state index is 0.572. The van der Waals surface area contributed by atoms with Crippen molar-refractivity contribution < 1.29 is 0 Å². The molecule has 1 aliphatic rings. The Kier molecular flexibility index (Phi) is 4.50. The van der Waals surface area contributed by atoms with Gasteiger partial charge < -0.3 is 10.2 Å². The first-order chi connectivity index (χ1) is 8.09. The number of benzene rings is 1. The van der Waals surface area contributed by atoms with Crippen LogP contribution in [0.3, 0.4) is 0 Å². The summed E-state index contributed by atoms with van der Waals surface area (Å²) in [5, 5.41) is 3.58. The molecule has 1 N–H and O–H groups in total. The number of hydrogen-bond acceptors (Lipinski definition) is 2. The van der Waals surface area contributed by atoms with Crippen LogP contribution in [0.1, 0.15) is 13.8 Å². The summed E-state index contributed by atoms with van der Waals surface area (Å²) in [6.07, 6.45) is 0. The van der Waals surface area contributed by atoms with Crippen molar-refractivity contribution in [1.29, 1.82) is 0 Å². The molecule has 0 aliphatic carbocycles. The van der Waals surface area contributed by atoms with E-state index in [1.165, 1.54) is 5.69 Å². The predicted octanol–water partition coefficient (Wildman–Crippen LogP) is 3.65. The van der Waals surface area contributed by atoms with Gasteiger partial charge in [-0.2, -0.15) is 0 Å². The van der Waals surface area contributed by atoms with E-state index < -0.39 is 0 Å². The van der Waals surface area contributed by atoms with Crippen LogP contribution in [0.15, 0.2) is 27.1 Å². The first-order valence-corrected chi connectivity index (χ1v) is 7.60. The van der Waals surface area contributed by atoms with E-state index >= 15 is 0 Å². The Morgan fingerprint density at radius 2 is 1.94 bits per heavy atom. The lowest BCUT2D eigenvalue weighted by Gasteiger charge is -2.38. The van der Waals surface area contributed by atoms with Crippen LogP contribution in [0.5, 0.6) is 0 Å². The summed E-state index contributed by atoms with van der Waals surface area (Å²) in [6.45, 7) is 7.73. The molecule has 0 amide bonds. The van der Waals surface area contributed by atoms with E-state index in [1.54, 1.807) is 0 Å². The Morgan fingerprint density at radius 3 is 2.53 bits per heavy atom. The molecule has 1 aromatic rings. The number of nitrogens with zero attached hydrogens (tertiary/aromatic N) is 1. The summed E-state index contributed by atoms with van der Waals surface area (Å²) >= 11 is 7.30. The van der Waals surface area contributed by atoms with Crippen LogP contribution in [0.2, 0.25) is 0 Å². The second kappa shape index (κ2) is 5.72. The molecule has 1 atom stereocenters. The van der Waals surface area contributed by atoms with Crippen LogP contribution in [0, 0.1) is 5.92 Å². The fourth-order valence-electron chi connectivity index (χ4n) is 2.22. The second-order valence-electron chi connectivity index (χ2n) is 4.82. The average Bonchev–Trinajstić information content (AvgIpc) is 2.29. The van der Waals surface area contributed by atoms with Gasteiger partial charge in [0, 0.05) is 34.6 Å². The van der Waals surface area contributed by atoms with Crippen molar-refractivity contribution in [1.82, 2.24) is 5.32 Å². The fraction of sp³-hybridized carbons (Fsp3) is 0.538. The topological polar surface area (TPSA) is 15.3 Å². The Hall–Kier alpha value is -0.0600. The lowest BCUT2D eigenvalue weighted by Crippen LogP contribution is -2.53. The van der Waals surface area contributed by atoms with Gasteiger partial charge in [0.05, 0.1) is 5.69 Å². The van der Waals surface area contributed by atoms with Gasteiger partial charge in [-0.05, 0) is 49.9 Å². The monoisotopic (exact) mass is 360 g/mol. The molecule has 4 heteroatoms. The molecule has 1 heterocycles. The molecule has 17 heavy (non-hydrogen) atoms. The highest BCUT2D eigenvalue weighted by atomic mass is 79.9. The van der Waals surface area contributed by atoms with Gasteiger partial charge in [-0.25, -0.2) is 0 Å². The second-order valence-corrected chi connectivity index (χ2v) is 6.53. The van der Waals surface area contributed by atoms with E-state index in [0.29, 0.717) is 12.0 Å². The average molecular weight is 362 g/mol. The maximum atomic E-state index is 3.65. The van der Waals surface area contributed by atoms with Crippen molar-refractivity contribution in [3.63, 3.8) is 0 Å².